The molecule has 0 spiro atoms. The number of para-hydroxylation sites is 3. The Labute approximate surface area is 193 Å². The predicted octanol–water partition coefficient (Wildman–Crippen LogP) is 3.62. The van der Waals surface area contributed by atoms with Crippen molar-refractivity contribution in [2.75, 3.05) is 18.5 Å². The molecule has 0 aliphatic heterocycles. The van der Waals surface area contributed by atoms with Gasteiger partial charge in [-0.1, -0.05) is 38.1 Å². The van der Waals surface area contributed by atoms with Crippen molar-refractivity contribution in [3.05, 3.63) is 59.9 Å². The number of hydrogen-bond acceptors (Lipinski definition) is 5. The molecule has 0 atom stereocenters. The summed E-state index contributed by atoms with van der Waals surface area (Å²) in [6, 6.07) is 12.1. The Morgan fingerprint density at radius 1 is 1.06 bits per heavy atom. The topological polar surface area (TPSA) is 102 Å². The maximum atomic E-state index is 13.4. The molecule has 2 N–H and O–H groups in total. The van der Waals surface area contributed by atoms with Crippen LogP contribution in [0.5, 0.6) is 0 Å². The minimum absolute atomic E-state index is 0.0766. The molecule has 11 heteroatoms. The van der Waals surface area contributed by atoms with E-state index in [-0.39, 0.29) is 34.1 Å². The monoisotopic (exact) mass is 476 g/mol. The summed E-state index contributed by atoms with van der Waals surface area (Å²) in [5.41, 5.74) is 0.623. The van der Waals surface area contributed by atoms with Crippen molar-refractivity contribution in [3.8, 4) is 0 Å². The predicted molar refractivity (Wildman–Crippen MR) is 118 cm³/mol. The average Bonchev–Trinajstić information content (AvgIpc) is 3.15. The smallest absolute Gasteiger partial charge is 0.449 e. The second-order valence-corrected chi connectivity index (χ2v) is 7.87. The largest absolute Gasteiger partial charge is 0.454 e. The van der Waals surface area contributed by atoms with Gasteiger partial charge in [0.1, 0.15) is 6.54 Å². The highest BCUT2D eigenvalue weighted by Crippen LogP contribution is 2.31. The number of fused-ring (bicyclic) bond motifs is 1. The van der Waals surface area contributed by atoms with Crippen LogP contribution in [0.1, 0.15) is 30.0 Å². The molecule has 0 aliphatic carbocycles. The Kier molecular flexibility index (Phi) is 7.54. The molecule has 0 saturated heterocycles. The first-order valence-corrected chi connectivity index (χ1v) is 10.4. The number of alkyl halides is 3. The molecule has 0 bridgehead atoms. The number of carbonyl (C=O) groups is 3. The summed E-state index contributed by atoms with van der Waals surface area (Å²) in [6.07, 6.45) is -4.78. The highest BCUT2D eigenvalue weighted by Gasteiger charge is 2.38. The van der Waals surface area contributed by atoms with Gasteiger partial charge in [0.2, 0.25) is 5.82 Å². The van der Waals surface area contributed by atoms with E-state index >= 15 is 0 Å². The number of hydrogen-bond donors (Lipinski definition) is 2. The van der Waals surface area contributed by atoms with Crippen LogP contribution in [0.25, 0.3) is 11.0 Å². The third-order valence-electron chi connectivity index (χ3n) is 4.68. The summed E-state index contributed by atoms with van der Waals surface area (Å²) in [5.74, 6) is -3.18. The lowest BCUT2D eigenvalue weighted by molar-refractivity contribution is -0.152. The summed E-state index contributed by atoms with van der Waals surface area (Å²) in [5, 5.41) is 5.23. The van der Waals surface area contributed by atoms with E-state index in [4.69, 9.17) is 4.74 Å². The molecule has 0 aliphatic rings. The third kappa shape index (κ3) is 6.12. The first-order valence-electron chi connectivity index (χ1n) is 10.4. The minimum Gasteiger partial charge on any atom is -0.454 e. The number of amides is 2. The fourth-order valence-electron chi connectivity index (χ4n) is 3.14. The van der Waals surface area contributed by atoms with Gasteiger partial charge in [0, 0.05) is 6.54 Å². The number of rotatable bonds is 8. The highest BCUT2D eigenvalue weighted by molar-refractivity contribution is 6.04. The lowest BCUT2D eigenvalue weighted by Crippen LogP contribution is -2.29. The lowest BCUT2D eigenvalue weighted by Gasteiger charge is -2.13. The van der Waals surface area contributed by atoms with Crippen molar-refractivity contribution in [2.45, 2.75) is 26.6 Å². The molecule has 34 heavy (non-hydrogen) atoms. The molecule has 2 amide bonds. The molecule has 0 saturated carbocycles. The van der Waals surface area contributed by atoms with Gasteiger partial charge in [-0.05, 0) is 30.2 Å². The average molecular weight is 476 g/mol. The van der Waals surface area contributed by atoms with Crippen molar-refractivity contribution in [3.63, 3.8) is 0 Å². The zero-order valence-electron chi connectivity index (χ0n) is 18.5. The summed E-state index contributed by atoms with van der Waals surface area (Å²) in [7, 11) is 0. The summed E-state index contributed by atoms with van der Waals surface area (Å²) in [6.45, 7) is 2.80. The quantitative estimate of drug-likeness (QED) is 0.484. The van der Waals surface area contributed by atoms with E-state index in [1.54, 1.807) is 12.1 Å². The van der Waals surface area contributed by atoms with Crippen LogP contribution in [0.3, 0.4) is 0 Å². The minimum atomic E-state index is -4.78. The van der Waals surface area contributed by atoms with Crippen LogP contribution in [0.4, 0.5) is 18.9 Å². The normalized spacial score (nSPS) is 11.5. The number of imidazole rings is 1. The van der Waals surface area contributed by atoms with Crippen LogP contribution in [0, 0.1) is 5.92 Å². The zero-order valence-corrected chi connectivity index (χ0v) is 18.5. The van der Waals surface area contributed by atoms with Crippen molar-refractivity contribution >= 4 is 34.5 Å². The standard InChI is InChI=1S/C23H23F3N4O4/c1-14(2)11-27-21(33)15-7-3-4-8-16(15)28-19(31)13-34-20(32)12-30-18-10-6-5-9-17(18)29-22(30)23(24,25)26/h3-10,14H,11-13H2,1-2H3,(H,27,33)(H,28,31). The van der Waals surface area contributed by atoms with Gasteiger partial charge in [-0.15, -0.1) is 0 Å². The third-order valence-corrected chi connectivity index (χ3v) is 4.68. The number of anilines is 1. The van der Waals surface area contributed by atoms with Gasteiger partial charge < -0.3 is 19.9 Å². The van der Waals surface area contributed by atoms with Crippen LogP contribution in [-0.4, -0.2) is 40.5 Å². The molecule has 8 nitrogen and oxygen atoms in total. The number of ether oxygens (including phenoxy) is 1. The lowest BCUT2D eigenvalue weighted by atomic mass is 10.1. The first-order chi connectivity index (χ1) is 16.1. The van der Waals surface area contributed by atoms with Gasteiger partial charge in [0.25, 0.3) is 11.8 Å². The fraction of sp³-hybridized carbons (Fsp3) is 0.304. The second kappa shape index (κ2) is 10.4. The van der Waals surface area contributed by atoms with Crippen molar-refractivity contribution in [2.24, 2.45) is 5.92 Å². The number of nitrogens with zero attached hydrogens (tertiary/aromatic N) is 2. The van der Waals surface area contributed by atoms with Crippen LogP contribution in [-0.2, 0) is 27.0 Å². The van der Waals surface area contributed by atoms with Gasteiger partial charge in [0.15, 0.2) is 6.61 Å². The van der Waals surface area contributed by atoms with Crippen LogP contribution in [0.2, 0.25) is 0 Å². The Morgan fingerprint density at radius 3 is 2.44 bits per heavy atom. The van der Waals surface area contributed by atoms with E-state index < -0.39 is 37.0 Å². The van der Waals surface area contributed by atoms with Crippen LogP contribution in [0.15, 0.2) is 48.5 Å². The molecule has 180 valence electrons. The molecule has 2 aromatic carbocycles. The Balaban J connectivity index is 1.64. The van der Waals surface area contributed by atoms with Gasteiger partial charge >= 0.3 is 12.1 Å². The maximum Gasteiger partial charge on any atom is 0.449 e. The molecule has 0 unspecified atom stereocenters. The van der Waals surface area contributed by atoms with E-state index in [0.29, 0.717) is 11.1 Å². The number of nitrogens with one attached hydrogen (secondary N) is 2. The molecule has 1 heterocycles. The fourth-order valence-corrected chi connectivity index (χ4v) is 3.14. The van der Waals surface area contributed by atoms with E-state index in [1.165, 1.54) is 36.4 Å². The number of esters is 1. The first kappa shape index (κ1) is 24.7. The van der Waals surface area contributed by atoms with Gasteiger partial charge in [0.05, 0.1) is 22.3 Å². The van der Waals surface area contributed by atoms with Gasteiger partial charge in [-0.3, -0.25) is 14.4 Å². The van der Waals surface area contributed by atoms with E-state index in [0.717, 1.165) is 0 Å². The summed E-state index contributed by atoms with van der Waals surface area (Å²) in [4.78, 5) is 40.4. The Bertz CT molecular complexity index is 1200. The summed E-state index contributed by atoms with van der Waals surface area (Å²) < 4.78 is 45.7. The zero-order chi connectivity index (χ0) is 24.9. The number of carbonyl (C=O) groups excluding carboxylic acids is 3. The van der Waals surface area contributed by atoms with Crippen molar-refractivity contribution in [1.29, 1.82) is 0 Å². The number of aromatic nitrogens is 2. The molecule has 3 rings (SSSR count). The molecular formula is C23H23F3N4O4. The Hall–Kier alpha value is -3.89. The molecule has 0 fully saturated rings. The number of halogens is 3. The number of benzene rings is 2. The maximum absolute atomic E-state index is 13.4. The van der Waals surface area contributed by atoms with Crippen molar-refractivity contribution < 1.29 is 32.3 Å². The molecule has 3 aromatic rings. The van der Waals surface area contributed by atoms with Gasteiger partial charge in [-0.25, -0.2) is 4.98 Å². The molecular weight excluding hydrogens is 453 g/mol. The van der Waals surface area contributed by atoms with E-state index in [9.17, 15) is 27.6 Å². The Morgan fingerprint density at radius 2 is 1.74 bits per heavy atom. The van der Waals surface area contributed by atoms with E-state index in [1.807, 2.05) is 13.8 Å². The second-order valence-electron chi connectivity index (χ2n) is 7.87. The summed E-state index contributed by atoms with van der Waals surface area (Å²) >= 11 is 0. The SMILES string of the molecule is CC(C)CNC(=O)c1ccccc1NC(=O)COC(=O)Cn1c(C(F)(F)F)nc2ccccc21. The van der Waals surface area contributed by atoms with Gasteiger partial charge in [-0.2, -0.15) is 13.2 Å². The van der Waals surface area contributed by atoms with Crippen LogP contribution < -0.4 is 10.6 Å². The molecule has 1 aromatic heterocycles. The highest BCUT2D eigenvalue weighted by atomic mass is 19.4. The molecule has 0 radical (unpaired) electrons. The van der Waals surface area contributed by atoms with E-state index in [2.05, 4.69) is 15.6 Å². The van der Waals surface area contributed by atoms with Crippen molar-refractivity contribution in [1.82, 2.24) is 14.9 Å². The van der Waals surface area contributed by atoms with Crippen LogP contribution >= 0.6 is 0 Å².